The number of aromatic nitrogens is 2. The molecule has 1 aromatic carbocycles. The van der Waals surface area contributed by atoms with Crippen molar-refractivity contribution in [3.8, 4) is 5.69 Å². The van der Waals surface area contributed by atoms with Crippen LogP contribution in [0.15, 0.2) is 30.6 Å². The van der Waals surface area contributed by atoms with Gasteiger partial charge in [0, 0.05) is 29.4 Å². The number of nitrogens with one attached hydrogen (secondary N) is 1. The molecule has 0 amide bonds. The van der Waals surface area contributed by atoms with E-state index in [2.05, 4.69) is 23.5 Å². The second-order valence-electron chi connectivity index (χ2n) is 4.88. The van der Waals surface area contributed by atoms with Crippen LogP contribution in [0.25, 0.3) is 5.69 Å². The maximum Gasteiger partial charge on any atom is 0.0689 e. The highest BCUT2D eigenvalue weighted by Crippen LogP contribution is 2.21. The zero-order valence-corrected chi connectivity index (χ0v) is 11.1. The van der Waals surface area contributed by atoms with Gasteiger partial charge in [-0.05, 0) is 37.5 Å². The molecule has 3 rings (SSSR count). The first kappa shape index (κ1) is 11.8. The average molecular weight is 262 g/mol. The van der Waals surface area contributed by atoms with Crippen LogP contribution in [0.5, 0.6) is 0 Å². The maximum absolute atomic E-state index is 6.03. The van der Waals surface area contributed by atoms with E-state index in [0.717, 1.165) is 23.3 Å². The van der Waals surface area contributed by atoms with Crippen molar-refractivity contribution in [3.63, 3.8) is 0 Å². The van der Waals surface area contributed by atoms with E-state index in [1.165, 1.54) is 24.0 Å². The van der Waals surface area contributed by atoms with E-state index in [1.807, 2.05) is 29.1 Å². The summed E-state index contributed by atoms with van der Waals surface area (Å²) in [6.07, 6.45) is 6.59. The molecular formula is C14H16ClN3. The van der Waals surface area contributed by atoms with Crippen molar-refractivity contribution >= 4 is 11.6 Å². The van der Waals surface area contributed by atoms with Crippen LogP contribution in [0.2, 0.25) is 5.02 Å². The number of nitrogens with zero attached hydrogens (tertiary/aromatic N) is 2. The van der Waals surface area contributed by atoms with Crippen molar-refractivity contribution < 1.29 is 0 Å². The van der Waals surface area contributed by atoms with Gasteiger partial charge in [0.2, 0.25) is 0 Å². The van der Waals surface area contributed by atoms with Crippen LogP contribution < -0.4 is 5.32 Å². The number of benzene rings is 1. The summed E-state index contributed by atoms with van der Waals surface area (Å²) in [5, 5.41) is 8.63. The van der Waals surface area contributed by atoms with Crippen molar-refractivity contribution in [3.05, 3.63) is 46.7 Å². The van der Waals surface area contributed by atoms with Crippen LogP contribution >= 0.6 is 11.6 Å². The highest BCUT2D eigenvalue weighted by atomic mass is 35.5. The van der Waals surface area contributed by atoms with Crippen LogP contribution in [-0.2, 0) is 6.54 Å². The number of aryl methyl sites for hydroxylation is 1. The molecule has 1 aromatic heterocycles. The lowest BCUT2D eigenvalue weighted by Crippen LogP contribution is -2.14. The van der Waals surface area contributed by atoms with E-state index in [1.54, 1.807) is 0 Å². The van der Waals surface area contributed by atoms with Crippen LogP contribution in [0.1, 0.15) is 24.0 Å². The minimum atomic E-state index is 0.723. The van der Waals surface area contributed by atoms with E-state index in [0.29, 0.717) is 0 Å². The Bertz CT molecular complexity index is 558. The maximum atomic E-state index is 6.03. The molecule has 4 heteroatoms. The van der Waals surface area contributed by atoms with Gasteiger partial charge in [-0.3, -0.25) is 0 Å². The summed E-state index contributed by atoms with van der Waals surface area (Å²) in [4.78, 5) is 0. The van der Waals surface area contributed by atoms with Gasteiger partial charge in [-0.2, -0.15) is 5.10 Å². The largest absolute Gasteiger partial charge is 0.310 e. The summed E-state index contributed by atoms with van der Waals surface area (Å²) in [6, 6.07) is 6.59. The summed E-state index contributed by atoms with van der Waals surface area (Å²) in [6.45, 7) is 2.96. The highest BCUT2D eigenvalue weighted by molar-refractivity contribution is 6.30. The topological polar surface area (TPSA) is 29.9 Å². The molecule has 18 heavy (non-hydrogen) atoms. The third-order valence-corrected chi connectivity index (χ3v) is 3.46. The SMILES string of the molecule is Cc1ccc(Cl)cc1-n1cc(CNC2CC2)cn1. The minimum Gasteiger partial charge on any atom is -0.310 e. The Labute approximate surface area is 112 Å². The monoisotopic (exact) mass is 261 g/mol. The molecule has 0 spiro atoms. The van der Waals surface area contributed by atoms with Crippen molar-refractivity contribution in [2.75, 3.05) is 0 Å². The van der Waals surface area contributed by atoms with Gasteiger partial charge in [0.1, 0.15) is 0 Å². The van der Waals surface area contributed by atoms with Crippen molar-refractivity contribution in [1.29, 1.82) is 0 Å². The van der Waals surface area contributed by atoms with E-state index in [4.69, 9.17) is 11.6 Å². The van der Waals surface area contributed by atoms with Gasteiger partial charge in [0.15, 0.2) is 0 Å². The smallest absolute Gasteiger partial charge is 0.0689 e. The molecule has 0 unspecified atom stereocenters. The Hall–Kier alpha value is -1.32. The predicted molar refractivity (Wildman–Crippen MR) is 73.2 cm³/mol. The van der Waals surface area contributed by atoms with Crippen LogP contribution in [0.4, 0.5) is 0 Å². The molecular weight excluding hydrogens is 246 g/mol. The van der Waals surface area contributed by atoms with Gasteiger partial charge in [-0.1, -0.05) is 17.7 Å². The molecule has 94 valence electrons. The lowest BCUT2D eigenvalue weighted by atomic mass is 10.2. The standard InChI is InChI=1S/C14H16ClN3/c1-10-2-3-12(15)6-14(10)18-9-11(8-17-18)7-16-13-4-5-13/h2-3,6,8-9,13,16H,4-5,7H2,1H3. The highest BCUT2D eigenvalue weighted by Gasteiger charge is 2.20. The Balaban J connectivity index is 1.80. The van der Waals surface area contributed by atoms with Gasteiger partial charge in [-0.25, -0.2) is 4.68 Å². The van der Waals surface area contributed by atoms with E-state index >= 15 is 0 Å². The first-order valence-electron chi connectivity index (χ1n) is 6.26. The summed E-state index contributed by atoms with van der Waals surface area (Å²) >= 11 is 6.03. The fraction of sp³-hybridized carbons (Fsp3) is 0.357. The molecule has 1 fully saturated rings. The lowest BCUT2D eigenvalue weighted by molar-refractivity contribution is 0.687. The predicted octanol–water partition coefficient (Wildman–Crippen LogP) is 3.09. The molecule has 0 radical (unpaired) electrons. The first-order valence-corrected chi connectivity index (χ1v) is 6.63. The summed E-state index contributed by atoms with van der Waals surface area (Å²) in [5.41, 5.74) is 3.42. The quantitative estimate of drug-likeness (QED) is 0.917. The molecule has 1 aliphatic carbocycles. The molecule has 1 N–H and O–H groups in total. The van der Waals surface area contributed by atoms with Crippen LogP contribution in [-0.4, -0.2) is 15.8 Å². The molecule has 2 aromatic rings. The molecule has 1 aliphatic rings. The molecule has 0 saturated heterocycles. The Morgan fingerprint density at radius 1 is 1.44 bits per heavy atom. The van der Waals surface area contributed by atoms with Gasteiger partial charge in [-0.15, -0.1) is 0 Å². The van der Waals surface area contributed by atoms with Crippen LogP contribution in [0.3, 0.4) is 0 Å². The summed E-state index contributed by atoms with van der Waals surface area (Å²) in [7, 11) is 0. The zero-order valence-electron chi connectivity index (χ0n) is 10.4. The number of hydrogen-bond acceptors (Lipinski definition) is 2. The van der Waals surface area contributed by atoms with E-state index in [9.17, 15) is 0 Å². The summed E-state index contributed by atoms with van der Waals surface area (Å²) in [5.74, 6) is 0. The Morgan fingerprint density at radius 2 is 2.28 bits per heavy atom. The second kappa shape index (κ2) is 4.75. The van der Waals surface area contributed by atoms with Crippen molar-refractivity contribution in [2.45, 2.75) is 32.4 Å². The van der Waals surface area contributed by atoms with Gasteiger partial charge in [0.25, 0.3) is 0 Å². The normalized spacial score (nSPS) is 15.0. The third kappa shape index (κ3) is 2.57. The second-order valence-corrected chi connectivity index (χ2v) is 5.32. The molecule has 3 nitrogen and oxygen atoms in total. The van der Waals surface area contributed by atoms with Gasteiger partial charge in [0.05, 0.1) is 11.9 Å². The number of halogens is 1. The van der Waals surface area contributed by atoms with E-state index < -0.39 is 0 Å². The van der Waals surface area contributed by atoms with Gasteiger partial charge >= 0.3 is 0 Å². The number of rotatable bonds is 4. The number of hydrogen-bond donors (Lipinski definition) is 1. The Morgan fingerprint density at radius 3 is 3.06 bits per heavy atom. The molecule has 0 bridgehead atoms. The van der Waals surface area contributed by atoms with Crippen molar-refractivity contribution in [1.82, 2.24) is 15.1 Å². The molecule has 1 heterocycles. The first-order chi connectivity index (χ1) is 8.72. The fourth-order valence-electron chi connectivity index (χ4n) is 1.96. The molecule has 0 atom stereocenters. The van der Waals surface area contributed by atoms with Gasteiger partial charge < -0.3 is 5.32 Å². The van der Waals surface area contributed by atoms with E-state index in [-0.39, 0.29) is 0 Å². The zero-order chi connectivity index (χ0) is 12.5. The van der Waals surface area contributed by atoms with Crippen molar-refractivity contribution in [2.24, 2.45) is 0 Å². The minimum absolute atomic E-state index is 0.723. The fourth-order valence-corrected chi connectivity index (χ4v) is 2.13. The third-order valence-electron chi connectivity index (χ3n) is 3.23. The summed E-state index contributed by atoms with van der Waals surface area (Å²) < 4.78 is 1.89. The molecule has 0 aliphatic heterocycles. The Kier molecular flexibility index (Phi) is 3.10. The van der Waals surface area contributed by atoms with Crippen LogP contribution in [0, 0.1) is 6.92 Å². The molecule has 1 saturated carbocycles. The lowest BCUT2D eigenvalue weighted by Gasteiger charge is -2.06. The average Bonchev–Trinajstić information content (AvgIpc) is 3.08.